The maximum atomic E-state index is 13.7. The number of rotatable bonds is 6. The van der Waals surface area contributed by atoms with Crippen LogP contribution in [0.4, 0.5) is 5.69 Å². The fourth-order valence-electron chi connectivity index (χ4n) is 3.89. The summed E-state index contributed by atoms with van der Waals surface area (Å²) in [5.41, 5.74) is 2.16. The predicted octanol–water partition coefficient (Wildman–Crippen LogP) is 5.54. The molecule has 3 aromatic rings. The fraction of sp³-hybridized carbons (Fsp3) is 0.231. The van der Waals surface area contributed by atoms with Gasteiger partial charge >= 0.3 is 0 Å². The van der Waals surface area contributed by atoms with Crippen LogP contribution in [0.3, 0.4) is 0 Å². The van der Waals surface area contributed by atoms with Gasteiger partial charge in [0.15, 0.2) is 0 Å². The number of carbonyl (C=O) groups excluding carboxylic acids is 2. The van der Waals surface area contributed by atoms with Crippen LogP contribution in [-0.4, -0.2) is 34.5 Å². The lowest BCUT2D eigenvalue weighted by molar-refractivity contribution is 0.0792. The first-order valence-corrected chi connectivity index (χ1v) is 12.4. The third kappa shape index (κ3) is 4.72. The highest BCUT2D eigenvalue weighted by Gasteiger charge is 2.31. The second-order valence-electron chi connectivity index (χ2n) is 8.05. The lowest BCUT2D eigenvalue weighted by Gasteiger charge is -2.24. The summed E-state index contributed by atoms with van der Waals surface area (Å²) in [7, 11) is 0.209. The molecule has 0 radical (unpaired) electrons. The van der Waals surface area contributed by atoms with Crippen molar-refractivity contribution in [1.82, 2.24) is 4.90 Å². The van der Waals surface area contributed by atoms with Gasteiger partial charge < -0.3 is 9.80 Å². The molecule has 2 amide bonds. The van der Waals surface area contributed by atoms with Crippen LogP contribution in [0.5, 0.6) is 0 Å². The Morgan fingerprint density at radius 3 is 2.58 bits per heavy atom. The smallest absolute Gasteiger partial charge is 0.259 e. The molecule has 33 heavy (non-hydrogen) atoms. The second kappa shape index (κ2) is 9.89. The fourth-order valence-corrected chi connectivity index (χ4v) is 5.45. The van der Waals surface area contributed by atoms with Crippen molar-refractivity contribution in [2.45, 2.75) is 36.1 Å². The summed E-state index contributed by atoms with van der Waals surface area (Å²) in [6.07, 6.45) is 1.90. The Hall–Kier alpha value is -2.96. The SMILES string of the molecule is CCCCN(C)C(=O)c1ccc2c(c1)N(Cc1cccc(Cl)c1)C(=O)c1ccccc1S2=O. The Labute approximate surface area is 201 Å². The maximum absolute atomic E-state index is 13.7. The Morgan fingerprint density at radius 2 is 1.82 bits per heavy atom. The van der Waals surface area contributed by atoms with Gasteiger partial charge in [-0.3, -0.25) is 9.59 Å². The maximum Gasteiger partial charge on any atom is 0.259 e. The first-order valence-electron chi connectivity index (χ1n) is 10.9. The van der Waals surface area contributed by atoms with E-state index in [0.717, 1.165) is 18.4 Å². The highest BCUT2D eigenvalue weighted by atomic mass is 35.5. The Kier molecular flexibility index (Phi) is 6.96. The zero-order valence-electron chi connectivity index (χ0n) is 18.6. The largest absolute Gasteiger partial charge is 0.342 e. The zero-order chi connectivity index (χ0) is 23.5. The number of anilines is 1. The van der Waals surface area contributed by atoms with Crippen molar-refractivity contribution in [2.75, 3.05) is 18.5 Å². The summed E-state index contributed by atoms with van der Waals surface area (Å²) in [5, 5.41) is 0.570. The minimum absolute atomic E-state index is 0.131. The Bertz CT molecular complexity index is 1240. The van der Waals surface area contributed by atoms with E-state index in [2.05, 4.69) is 6.92 Å². The average Bonchev–Trinajstić information content (AvgIpc) is 2.91. The summed E-state index contributed by atoms with van der Waals surface area (Å²) in [6, 6.07) is 19.3. The molecule has 1 aliphatic heterocycles. The van der Waals surface area contributed by atoms with Crippen LogP contribution in [0.1, 0.15) is 46.0 Å². The zero-order valence-corrected chi connectivity index (χ0v) is 20.2. The summed E-state index contributed by atoms with van der Waals surface area (Å²) in [4.78, 5) is 30.9. The van der Waals surface area contributed by atoms with Crippen LogP contribution in [0.2, 0.25) is 5.02 Å². The first kappa shape index (κ1) is 23.2. The van der Waals surface area contributed by atoms with Gasteiger partial charge in [-0.05, 0) is 54.4 Å². The molecule has 0 fully saturated rings. The molecule has 0 N–H and O–H groups in total. The van der Waals surface area contributed by atoms with Crippen LogP contribution in [0.15, 0.2) is 76.5 Å². The van der Waals surface area contributed by atoms with E-state index in [1.54, 1.807) is 71.4 Å². The molecule has 4 rings (SSSR count). The molecule has 7 heteroatoms. The molecule has 170 valence electrons. The van der Waals surface area contributed by atoms with Gasteiger partial charge in [-0.1, -0.05) is 49.2 Å². The van der Waals surface area contributed by atoms with E-state index < -0.39 is 10.8 Å². The lowest BCUT2D eigenvalue weighted by Crippen LogP contribution is -2.31. The van der Waals surface area contributed by atoms with Gasteiger partial charge in [0.2, 0.25) is 0 Å². The molecule has 0 aromatic heterocycles. The quantitative estimate of drug-likeness (QED) is 0.465. The number of hydrogen-bond acceptors (Lipinski definition) is 3. The van der Waals surface area contributed by atoms with Crippen LogP contribution in [0, 0.1) is 0 Å². The molecular formula is C26H25ClN2O3S. The number of hydrogen-bond donors (Lipinski definition) is 0. The van der Waals surface area contributed by atoms with Crippen LogP contribution >= 0.6 is 11.6 Å². The van der Waals surface area contributed by atoms with E-state index in [1.807, 2.05) is 12.1 Å². The van der Waals surface area contributed by atoms with Crippen molar-refractivity contribution in [1.29, 1.82) is 0 Å². The molecule has 0 spiro atoms. The number of benzene rings is 3. The molecule has 5 nitrogen and oxygen atoms in total. The number of halogens is 1. The minimum Gasteiger partial charge on any atom is -0.342 e. The number of fused-ring (bicyclic) bond motifs is 2. The summed E-state index contributed by atoms with van der Waals surface area (Å²) in [5.74, 6) is -0.393. The number of carbonyl (C=O) groups is 2. The molecule has 0 saturated carbocycles. The molecule has 3 aromatic carbocycles. The van der Waals surface area contributed by atoms with Gasteiger partial charge in [0.1, 0.15) is 0 Å². The van der Waals surface area contributed by atoms with Crippen molar-refractivity contribution in [3.63, 3.8) is 0 Å². The molecule has 0 saturated heterocycles. The molecule has 1 aliphatic rings. The molecule has 0 bridgehead atoms. The average molecular weight is 481 g/mol. The van der Waals surface area contributed by atoms with Crippen molar-refractivity contribution < 1.29 is 13.8 Å². The minimum atomic E-state index is -1.56. The van der Waals surface area contributed by atoms with Gasteiger partial charge in [0.05, 0.1) is 38.4 Å². The molecule has 1 unspecified atom stereocenters. The molecular weight excluding hydrogens is 456 g/mol. The Morgan fingerprint density at radius 1 is 1.03 bits per heavy atom. The Balaban J connectivity index is 1.83. The van der Waals surface area contributed by atoms with Crippen LogP contribution in [0.25, 0.3) is 0 Å². The highest BCUT2D eigenvalue weighted by Crippen LogP contribution is 2.36. The van der Waals surface area contributed by atoms with Gasteiger partial charge in [0.25, 0.3) is 11.8 Å². The van der Waals surface area contributed by atoms with E-state index in [-0.39, 0.29) is 18.4 Å². The van der Waals surface area contributed by atoms with Gasteiger partial charge in [-0.15, -0.1) is 0 Å². The summed E-state index contributed by atoms with van der Waals surface area (Å²) in [6.45, 7) is 2.96. The van der Waals surface area contributed by atoms with Crippen molar-refractivity contribution in [3.8, 4) is 0 Å². The van der Waals surface area contributed by atoms with E-state index in [9.17, 15) is 13.8 Å². The summed E-state index contributed by atoms with van der Waals surface area (Å²) >= 11 is 6.18. The number of nitrogens with zero attached hydrogens (tertiary/aromatic N) is 2. The van der Waals surface area contributed by atoms with E-state index in [0.29, 0.717) is 38.2 Å². The van der Waals surface area contributed by atoms with Crippen molar-refractivity contribution >= 4 is 39.9 Å². The third-order valence-corrected chi connectivity index (χ3v) is 7.42. The van der Waals surface area contributed by atoms with Crippen molar-refractivity contribution in [3.05, 3.63) is 88.4 Å². The van der Waals surface area contributed by atoms with Gasteiger partial charge in [-0.25, -0.2) is 4.21 Å². The van der Waals surface area contributed by atoms with Crippen LogP contribution in [-0.2, 0) is 17.3 Å². The normalized spacial score (nSPS) is 14.9. The molecule has 1 atom stereocenters. The van der Waals surface area contributed by atoms with E-state index >= 15 is 0 Å². The molecule has 1 heterocycles. The highest BCUT2D eigenvalue weighted by molar-refractivity contribution is 7.85. The molecule has 0 aliphatic carbocycles. The topological polar surface area (TPSA) is 57.7 Å². The van der Waals surface area contributed by atoms with E-state index in [4.69, 9.17) is 11.6 Å². The van der Waals surface area contributed by atoms with Crippen LogP contribution < -0.4 is 4.90 Å². The number of amides is 2. The lowest BCUT2D eigenvalue weighted by atomic mass is 10.1. The number of unbranched alkanes of at least 4 members (excludes halogenated alkanes) is 1. The monoisotopic (exact) mass is 480 g/mol. The predicted molar refractivity (Wildman–Crippen MR) is 131 cm³/mol. The third-order valence-electron chi connectivity index (χ3n) is 5.68. The van der Waals surface area contributed by atoms with Crippen molar-refractivity contribution in [2.24, 2.45) is 0 Å². The van der Waals surface area contributed by atoms with Gasteiger partial charge in [0, 0.05) is 24.2 Å². The standard InChI is InChI=1S/C26H25ClN2O3S/c1-3-4-14-28(2)25(30)19-12-13-24-22(16-19)29(17-18-8-7-9-20(27)15-18)26(31)21-10-5-6-11-23(21)33(24)32/h5-13,15-16H,3-4,14,17H2,1-2H3. The van der Waals surface area contributed by atoms with Gasteiger partial charge in [-0.2, -0.15) is 0 Å². The summed E-state index contributed by atoms with van der Waals surface area (Å²) < 4.78 is 13.5. The second-order valence-corrected chi connectivity index (χ2v) is 9.90. The van der Waals surface area contributed by atoms with E-state index in [1.165, 1.54) is 0 Å². The first-order chi connectivity index (χ1) is 15.9.